The monoisotopic (exact) mass is 567 g/mol. The molecular formula is C26H30ClN9O4. The number of piperazine rings is 1. The molecule has 0 unspecified atom stereocenters. The highest BCUT2D eigenvalue weighted by Gasteiger charge is 2.30. The molecule has 1 aromatic carbocycles. The van der Waals surface area contributed by atoms with Gasteiger partial charge in [0.1, 0.15) is 11.2 Å². The third-order valence-corrected chi connectivity index (χ3v) is 6.74. The number of nitrogens with zero attached hydrogens (tertiary/aromatic N) is 7. The minimum Gasteiger partial charge on any atom is -0.444 e. The minimum atomic E-state index is -0.731. The quantitative estimate of drug-likeness (QED) is 0.378. The lowest BCUT2D eigenvalue weighted by atomic mass is 10.2. The Labute approximate surface area is 234 Å². The number of aromatic nitrogens is 5. The molecule has 5 rings (SSSR count). The van der Waals surface area contributed by atoms with Gasteiger partial charge < -0.3 is 25.7 Å². The van der Waals surface area contributed by atoms with Gasteiger partial charge in [-0.25, -0.2) is 24.0 Å². The molecule has 1 aliphatic heterocycles. The maximum Gasteiger partial charge on any atom is 0.410 e. The summed E-state index contributed by atoms with van der Waals surface area (Å²) in [5, 5.41) is 9.36. The number of rotatable bonds is 4. The second-order valence-corrected chi connectivity index (χ2v) is 10.9. The molecule has 3 aromatic heterocycles. The van der Waals surface area contributed by atoms with Gasteiger partial charge >= 0.3 is 6.09 Å². The fraction of sp³-hybridized carbons (Fsp3) is 0.385. The number of halogens is 1. The van der Waals surface area contributed by atoms with Crippen LogP contribution in [0.2, 0.25) is 5.02 Å². The van der Waals surface area contributed by atoms with E-state index < -0.39 is 23.6 Å². The lowest BCUT2D eigenvalue weighted by Gasteiger charge is -2.38. The van der Waals surface area contributed by atoms with E-state index in [1.807, 2.05) is 20.8 Å². The number of hydrogen-bond acceptors (Lipinski definition) is 9. The summed E-state index contributed by atoms with van der Waals surface area (Å²) in [4.78, 5) is 50.4. The number of nitrogen functional groups attached to an aromatic ring is 1. The summed E-state index contributed by atoms with van der Waals surface area (Å²) in [5.41, 5.74) is 5.86. The largest absolute Gasteiger partial charge is 0.444 e. The van der Waals surface area contributed by atoms with E-state index in [4.69, 9.17) is 27.1 Å². The van der Waals surface area contributed by atoms with E-state index in [1.54, 1.807) is 53.5 Å². The van der Waals surface area contributed by atoms with Crippen LogP contribution in [0.5, 0.6) is 0 Å². The predicted molar refractivity (Wildman–Crippen MR) is 150 cm³/mol. The number of anilines is 1. The summed E-state index contributed by atoms with van der Waals surface area (Å²) >= 11 is 6.42. The van der Waals surface area contributed by atoms with Crippen molar-refractivity contribution in [2.45, 2.75) is 39.3 Å². The summed E-state index contributed by atoms with van der Waals surface area (Å²) < 4.78 is 8.35. The van der Waals surface area contributed by atoms with Gasteiger partial charge in [-0.05, 0) is 45.9 Å². The smallest absolute Gasteiger partial charge is 0.410 e. The van der Waals surface area contributed by atoms with Crippen LogP contribution in [-0.4, -0.2) is 72.9 Å². The zero-order valence-corrected chi connectivity index (χ0v) is 23.3. The van der Waals surface area contributed by atoms with Crippen LogP contribution in [0.15, 0.2) is 41.5 Å². The molecule has 4 aromatic rings. The van der Waals surface area contributed by atoms with E-state index in [9.17, 15) is 14.4 Å². The molecule has 1 atom stereocenters. The van der Waals surface area contributed by atoms with Crippen molar-refractivity contribution < 1.29 is 14.3 Å². The molecule has 40 heavy (non-hydrogen) atoms. The Bertz CT molecular complexity index is 1670. The van der Waals surface area contributed by atoms with Crippen molar-refractivity contribution in [1.82, 2.24) is 34.5 Å². The molecule has 4 heterocycles. The molecule has 0 saturated carbocycles. The SMILES string of the molecule is C[C@H](NC(=O)c1c(N)nn2cccnc12)c1nc2cccc(Cl)c2c(=O)n1N1CCN(C(=O)OC(C)(C)C)CC1. The lowest BCUT2D eigenvalue weighted by Crippen LogP contribution is -2.57. The highest BCUT2D eigenvalue weighted by molar-refractivity contribution is 6.35. The molecule has 0 radical (unpaired) electrons. The van der Waals surface area contributed by atoms with Gasteiger partial charge in [0.2, 0.25) is 0 Å². The molecule has 13 nitrogen and oxygen atoms in total. The molecule has 2 amide bonds. The van der Waals surface area contributed by atoms with Gasteiger partial charge in [0.05, 0.1) is 35.1 Å². The molecule has 0 spiro atoms. The number of carbonyl (C=O) groups excluding carboxylic acids is 2. The van der Waals surface area contributed by atoms with Gasteiger partial charge in [0.25, 0.3) is 11.5 Å². The lowest BCUT2D eigenvalue weighted by molar-refractivity contribution is 0.0231. The number of fused-ring (bicyclic) bond motifs is 2. The molecule has 1 saturated heterocycles. The molecule has 0 aliphatic carbocycles. The minimum absolute atomic E-state index is 0.0253. The molecule has 3 N–H and O–H groups in total. The second kappa shape index (κ2) is 10.3. The van der Waals surface area contributed by atoms with Crippen molar-refractivity contribution in [3.8, 4) is 0 Å². The van der Waals surface area contributed by atoms with Crippen LogP contribution >= 0.6 is 11.6 Å². The number of hydrogen-bond donors (Lipinski definition) is 2. The number of carbonyl (C=O) groups is 2. The number of amides is 2. The van der Waals surface area contributed by atoms with E-state index >= 15 is 0 Å². The van der Waals surface area contributed by atoms with E-state index in [1.165, 1.54) is 9.19 Å². The highest BCUT2D eigenvalue weighted by Crippen LogP contribution is 2.23. The first-order valence-electron chi connectivity index (χ1n) is 12.8. The Kier molecular flexibility index (Phi) is 7.00. The van der Waals surface area contributed by atoms with Crippen molar-refractivity contribution in [3.05, 3.63) is 63.4 Å². The first-order chi connectivity index (χ1) is 18.9. The average Bonchev–Trinajstić information content (AvgIpc) is 3.23. The Balaban J connectivity index is 1.48. The normalized spacial score (nSPS) is 14.9. The third-order valence-electron chi connectivity index (χ3n) is 6.42. The van der Waals surface area contributed by atoms with Crippen LogP contribution < -0.4 is 21.6 Å². The molecule has 1 fully saturated rings. The molecule has 210 valence electrons. The Morgan fingerprint density at radius 2 is 1.88 bits per heavy atom. The number of ether oxygens (including phenoxy) is 1. The maximum atomic E-state index is 13.9. The van der Waals surface area contributed by atoms with Crippen molar-refractivity contribution in [2.75, 3.05) is 36.9 Å². The maximum absolute atomic E-state index is 13.9. The molecule has 14 heteroatoms. The van der Waals surface area contributed by atoms with Crippen LogP contribution in [0.1, 0.15) is 49.9 Å². The topological polar surface area (TPSA) is 153 Å². The van der Waals surface area contributed by atoms with Gasteiger partial charge in [0.15, 0.2) is 17.3 Å². The first kappa shape index (κ1) is 27.2. The summed E-state index contributed by atoms with van der Waals surface area (Å²) in [7, 11) is 0. The third kappa shape index (κ3) is 5.11. The predicted octanol–water partition coefficient (Wildman–Crippen LogP) is 2.35. The average molecular weight is 568 g/mol. The van der Waals surface area contributed by atoms with Crippen LogP contribution in [0.3, 0.4) is 0 Å². The zero-order valence-electron chi connectivity index (χ0n) is 22.6. The summed E-state index contributed by atoms with van der Waals surface area (Å²) in [6.07, 6.45) is 2.77. The van der Waals surface area contributed by atoms with Crippen LogP contribution in [-0.2, 0) is 4.74 Å². The number of nitrogens with one attached hydrogen (secondary N) is 1. The van der Waals surface area contributed by atoms with Gasteiger partial charge in [-0.15, -0.1) is 5.10 Å². The highest BCUT2D eigenvalue weighted by atomic mass is 35.5. The summed E-state index contributed by atoms with van der Waals surface area (Å²) in [6, 6.07) is 5.97. The van der Waals surface area contributed by atoms with Crippen molar-refractivity contribution in [1.29, 1.82) is 0 Å². The number of benzene rings is 1. The van der Waals surface area contributed by atoms with E-state index in [-0.39, 0.29) is 27.3 Å². The van der Waals surface area contributed by atoms with E-state index in [2.05, 4.69) is 15.4 Å². The molecular weight excluding hydrogens is 538 g/mol. The van der Waals surface area contributed by atoms with Crippen LogP contribution in [0.4, 0.5) is 10.6 Å². The van der Waals surface area contributed by atoms with Gasteiger partial charge in [-0.3, -0.25) is 9.59 Å². The van der Waals surface area contributed by atoms with Crippen LogP contribution in [0, 0.1) is 0 Å². The van der Waals surface area contributed by atoms with Crippen molar-refractivity contribution in [2.24, 2.45) is 0 Å². The van der Waals surface area contributed by atoms with E-state index in [0.717, 1.165) is 0 Å². The Morgan fingerprint density at radius 1 is 1.15 bits per heavy atom. The Morgan fingerprint density at radius 3 is 2.58 bits per heavy atom. The van der Waals surface area contributed by atoms with Crippen molar-refractivity contribution in [3.63, 3.8) is 0 Å². The van der Waals surface area contributed by atoms with Crippen molar-refractivity contribution >= 4 is 46.0 Å². The first-order valence-corrected chi connectivity index (χ1v) is 13.2. The van der Waals surface area contributed by atoms with E-state index in [0.29, 0.717) is 43.2 Å². The Hall–Kier alpha value is -4.39. The van der Waals surface area contributed by atoms with Gasteiger partial charge in [-0.1, -0.05) is 17.7 Å². The number of nitrogens with two attached hydrogens (primary N) is 1. The summed E-state index contributed by atoms with van der Waals surface area (Å²) in [6.45, 7) is 8.46. The second-order valence-electron chi connectivity index (χ2n) is 10.5. The molecule has 1 aliphatic rings. The fourth-order valence-corrected chi connectivity index (χ4v) is 4.86. The van der Waals surface area contributed by atoms with Crippen LogP contribution in [0.25, 0.3) is 16.6 Å². The standard InChI is InChI=1S/C26H30ClN9O4/c1-15(30-23(37)19-20(28)32-35-10-6-9-29-22(19)35)21-31-17-8-5-7-16(27)18(17)24(38)36(21)34-13-11-33(12-14-34)25(39)40-26(2,3)4/h5-10,15H,11-14H2,1-4H3,(H2,28,32)(H,30,37)/t15-/m0/s1. The molecule has 0 bridgehead atoms. The van der Waals surface area contributed by atoms with Gasteiger partial charge in [0, 0.05) is 25.5 Å². The summed E-state index contributed by atoms with van der Waals surface area (Å²) in [5.74, 6) is -0.195. The fourth-order valence-electron chi connectivity index (χ4n) is 4.61. The zero-order chi connectivity index (χ0) is 28.8. The van der Waals surface area contributed by atoms with Gasteiger partial charge in [-0.2, -0.15) is 0 Å².